The molecule has 2 aromatic carbocycles. The highest BCUT2D eigenvalue weighted by Gasteiger charge is 2.54. The first-order valence-corrected chi connectivity index (χ1v) is 8.13. The maximum Gasteiger partial charge on any atom is 0.275 e. The van der Waals surface area contributed by atoms with Gasteiger partial charge in [-0.3, -0.25) is 4.79 Å². The first-order valence-electron chi connectivity index (χ1n) is 7.14. The predicted molar refractivity (Wildman–Crippen MR) is 84.1 cm³/mol. The van der Waals surface area contributed by atoms with Gasteiger partial charge in [-0.15, -0.1) is 11.8 Å². The number of hydrogen-bond donors (Lipinski definition) is 0. The molecule has 1 atom stereocenters. The summed E-state index contributed by atoms with van der Waals surface area (Å²) in [5.74, 6) is 0.438. The number of carbonyl (C=O) groups excluding carboxylic acids is 1. The fourth-order valence-electron chi connectivity index (χ4n) is 3.06. The molecule has 0 radical (unpaired) electrons. The van der Waals surface area contributed by atoms with Crippen LogP contribution in [0.5, 0.6) is 0 Å². The topological polar surface area (TPSA) is 29.5 Å². The Kier molecular flexibility index (Phi) is 3.20. The normalized spacial score (nSPS) is 23.3. The molecule has 1 spiro atoms. The number of nitrogens with zero attached hydrogens (tertiary/aromatic N) is 1. The van der Waals surface area contributed by atoms with Gasteiger partial charge in [0.05, 0.1) is 18.8 Å². The summed E-state index contributed by atoms with van der Waals surface area (Å²) in [7, 11) is 0. The van der Waals surface area contributed by atoms with Crippen LogP contribution in [0.15, 0.2) is 48.5 Å². The second kappa shape index (κ2) is 5.11. The van der Waals surface area contributed by atoms with Crippen LogP contribution in [-0.2, 0) is 21.0 Å². The second-order valence-corrected chi connectivity index (χ2v) is 6.62. The molecule has 0 N–H and O–H groups in total. The van der Waals surface area contributed by atoms with Crippen LogP contribution in [-0.4, -0.2) is 18.3 Å². The van der Waals surface area contributed by atoms with E-state index < -0.39 is 4.93 Å². The largest absolute Gasteiger partial charge is 0.350 e. The SMILES string of the molecule is O=C1N(Cc2cccc(F)c2)c2ccccc2[C@]12OCCS2. The van der Waals surface area contributed by atoms with E-state index in [0.717, 1.165) is 22.6 Å². The van der Waals surface area contributed by atoms with E-state index in [9.17, 15) is 9.18 Å². The molecular formula is C17H14FNO2S. The summed E-state index contributed by atoms with van der Waals surface area (Å²) in [6.45, 7) is 0.915. The number of benzene rings is 2. The van der Waals surface area contributed by atoms with Crippen LogP contribution >= 0.6 is 11.8 Å². The standard InChI is InChI=1S/C17H14FNO2S/c18-13-5-3-4-12(10-13)11-19-15-7-2-1-6-14(15)17(16(19)20)21-8-9-22-17/h1-7,10H,8-9,11H2/t17-/m1/s1. The van der Waals surface area contributed by atoms with Crippen molar-refractivity contribution in [3.63, 3.8) is 0 Å². The molecule has 2 aliphatic rings. The van der Waals surface area contributed by atoms with Crippen molar-refractivity contribution in [2.24, 2.45) is 0 Å². The number of thioether (sulfide) groups is 1. The first-order chi connectivity index (χ1) is 10.7. The molecule has 0 unspecified atom stereocenters. The zero-order valence-corrected chi connectivity index (χ0v) is 12.6. The minimum Gasteiger partial charge on any atom is -0.350 e. The molecule has 1 amide bonds. The number of fused-ring (bicyclic) bond motifs is 2. The molecule has 0 bridgehead atoms. The van der Waals surface area contributed by atoms with Gasteiger partial charge in [-0.1, -0.05) is 30.3 Å². The van der Waals surface area contributed by atoms with Gasteiger partial charge in [-0.05, 0) is 23.8 Å². The fourth-order valence-corrected chi connectivity index (χ4v) is 4.24. The number of amides is 1. The van der Waals surface area contributed by atoms with E-state index in [1.807, 2.05) is 30.3 Å². The van der Waals surface area contributed by atoms with Gasteiger partial charge in [0.25, 0.3) is 5.91 Å². The van der Waals surface area contributed by atoms with Gasteiger partial charge < -0.3 is 9.64 Å². The van der Waals surface area contributed by atoms with Crippen LogP contribution in [0.2, 0.25) is 0 Å². The maximum atomic E-state index is 13.4. The van der Waals surface area contributed by atoms with E-state index in [-0.39, 0.29) is 11.7 Å². The van der Waals surface area contributed by atoms with Gasteiger partial charge in [0.2, 0.25) is 4.93 Å². The zero-order valence-electron chi connectivity index (χ0n) is 11.8. The highest BCUT2D eigenvalue weighted by atomic mass is 32.2. The third-order valence-electron chi connectivity index (χ3n) is 4.00. The lowest BCUT2D eigenvalue weighted by Crippen LogP contribution is -2.37. The third kappa shape index (κ3) is 1.96. The molecule has 2 heterocycles. The van der Waals surface area contributed by atoms with Crippen molar-refractivity contribution >= 4 is 23.4 Å². The third-order valence-corrected chi connectivity index (χ3v) is 5.29. The second-order valence-electron chi connectivity index (χ2n) is 5.35. The van der Waals surface area contributed by atoms with Gasteiger partial charge >= 0.3 is 0 Å². The van der Waals surface area contributed by atoms with Crippen molar-refractivity contribution < 1.29 is 13.9 Å². The summed E-state index contributed by atoms with van der Waals surface area (Å²) >= 11 is 1.53. The molecular weight excluding hydrogens is 301 g/mol. The first kappa shape index (κ1) is 13.8. The molecule has 2 aliphatic heterocycles. The van der Waals surface area contributed by atoms with Gasteiger partial charge in [0.1, 0.15) is 5.82 Å². The van der Waals surface area contributed by atoms with E-state index in [4.69, 9.17) is 4.74 Å². The summed E-state index contributed by atoms with van der Waals surface area (Å²) in [5, 5.41) is 0. The number of hydrogen-bond acceptors (Lipinski definition) is 3. The number of carbonyl (C=O) groups is 1. The van der Waals surface area contributed by atoms with Crippen molar-refractivity contribution in [2.45, 2.75) is 11.5 Å². The summed E-state index contributed by atoms with van der Waals surface area (Å²) in [6.07, 6.45) is 0. The van der Waals surface area contributed by atoms with Crippen LogP contribution in [0.4, 0.5) is 10.1 Å². The summed E-state index contributed by atoms with van der Waals surface area (Å²) in [5.41, 5.74) is 2.52. The van der Waals surface area contributed by atoms with Gasteiger partial charge in [-0.2, -0.15) is 0 Å². The van der Waals surface area contributed by atoms with Crippen molar-refractivity contribution in [3.05, 3.63) is 65.5 Å². The number of para-hydroxylation sites is 1. The Balaban J connectivity index is 1.76. The van der Waals surface area contributed by atoms with Crippen molar-refractivity contribution in [1.29, 1.82) is 0 Å². The average Bonchev–Trinajstić information content (AvgIpc) is 3.10. The summed E-state index contributed by atoms with van der Waals surface area (Å²) in [6, 6.07) is 14.0. The van der Waals surface area contributed by atoms with Crippen LogP contribution in [0.3, 0.4) is 0 Å². The average molecular weight is 315 g/mol. The molecule has 112 valence electrons. The number of anilines is 1. The minimum absolute atomic E-state index is 0.0690. The highest BCUT2D eigenvalue weighted by Crippen LogP contribution is 2.52. The highest BCUT2D eigenvalue weighted by molar-refractivity contribution is 8.01. The number of rotatable bonds is 2. The smallest absolute Gasteiger partial charge is 0.275 e. The van der Waals surface area contributed by atoms with Crippen molar-refractivity contribution in [1.82, 2.24) is 0 Å². The molecule has 0 aliphatic carbocycles. The number of halogens is 1. The molecule has 1 saturated heterocycles. The van der Waals surface area contributed by atoms with E-state index in [1.54, 1.807) is 11.0 Å². The van der Waals surface area contributed by atoms with Crippen LogP contribution in [0.1, 0.15) is 11.1 Å². The maximum absolute atomic E-state index is 13.4. The summed E-state index contributed by atoms with van der Waals surface area (Å²) < 4.78 is 19.2. The van der Waals surface area contributed by atoms with Crippen LogP contribution < -0.4 is 4.90 Å². The Morgan fingerprint density at radius 2 is 2.09 bits per heavy atom. The molecule has 2 aromatic rings. The monoisotopic (exact) mass is 315 g/mol. The lowest BCUT2D eigenvalue weighted by atomic mass is 10.1. The van der Waals surface area contributed by atoms with E-state index in [1.165, 1.54) is 23.9 Å². The fraction of sp³-hybridized carbons (Fsp3) is 0.235. The predicted octanol–water partition coefficient (Wildman–Crippen LogP) is 3.29. The Labute approximate surface area is 132 Å². The Hall–Kier alpha value is -1.85. The lowest BCUT2D eigenvalue weighted by molar-refractivity contribution is -0.131. The quantitative estimate of drug-likeness (QED) is 0.852. The zero-order chi connectivity index (χ0) is 15.2. The van der Waals surface area contributed by atoms with Gasteiger partial charge in [-0.25, -0.2) is 4.39 Å². The van der Waals surface area contributed by atoms with Crippen LogP contribution in [0.25, 0.3) is 0 Å². The van der Waals surface area contributed by atoms with E-state index in [2.05, 4.69) is 0 Å². The Morgan fingerprint density at radius 3 is 2.86 bits per heavy atom. The number of ether oxygens (including phenoxy) is 1. The molecule has 0 saturated carbocycles. The Bertz CT molecular complexity index is 743. The van der Waals surface area contributed by atoms with Gasteiger partial charge in [0, 0.05) is 11.3 Å². The minimum atomic E-state index is -0.913. The van der Waals surface area contributed by atoms with Crippen molar-refractivity contribution in [2.75, 3.05) is 17.3 Å². The molecule has 0 aromatic heterocycles. The van der Waals surface area contributed by atoms with E-state index in [0.29, 0.717) is 13.2 Å². The van der Waals surface area contributed by atoms with Gasteiger partial charge in [0.15, 0.2) is 0 Å². The lowest BCUT2D eigenvalue weighted by Gasteiger charge is -2.22. The molecule has 22 heavy (non-hydrogen) atoms. The molecule has 1 fully saturated rings. The van der Waals surface area contributed by atoms with Crippen LogP contribution in [0, 0.1) is 5.82 Å². The molecule has 4 rings (SSSR count). The molecule has 5 heteroatoms. The summed E-state index contributed by atoms with van der Waals surface area (Å²) in [4.78, 5) is 13.7. The molecule has 3 nitrogen and oxygen atoms in total. The van der Waals surface area contributed by atoms with E-state index >= 15 is 0 Å². The Morgan fingerprint density at radius 1 is 1.23 bits per heavy atom. The van der Waals surface area contributed by atoms with Crippen molar-refractivity contribution in [3.8, 4) is 0 Å².